The lowest BCUT2D eigenvalue weighted by Gasteiger charge is -2.14. The second-order valence-corrected chi connectivity index (χ2v) is 5.11. The van der Waals surface area contributed by atoms with Crippen LogP contribution in [0.5, 0.6) is 11.5 Å². The van der Waals surface area contributed by atoms with Crippen LogP contribution in [0.2, 0.25) is 0 Å². The highest BCUT2D eigenvalue weighted by atomic mass is 16.5. The van der Waals surface area contributed by atoms with Crippen molar-refractivity contribution in [3.63, 3.8) is 0 Å². The van der Waals surface area contributed by atoms with Crippen LogP contribution in [0.15, 0.2) is 54.6 Å². The van der Waals surface area contributed by atoms with E-state index in [2.05, 4.69) is 19.1 Å². The molecule has 2 aromatic rings. The molecule has 0 aliphatic rings. The maximum atomic E-state index is 5.82. The van der Waals surface area contributed by atoms with E-state index in [1.807, 2.05) is 42.5 Å². The molecule has 0 aliphatic carbocycles. The molecular weight excluding hydrogens is 262 g/mol. The quantitative estimate of drug-likeness (QED) is 0.803. The number of rotatable bonds is 8. The maximum absolute atomic E-state index is 5.82. The molecule has 1 unspecified atom stereocenters. The third kappa shape index (κ3) is 5.48. The van der Waals surface area contributed by atoms with Gasteiger partial charge >= 0.3 is 0 Å². The van der Waals surface area contributed by atoms with Crippen molar-refractivity contribution < 1.29 is 9.47 Å². The summed E-state index contributed by atoms with van der Waals surface area (Å²) in [6.07, 6.45) is 2.15. The molecule has 0 spiro atoms. The molecule has 2 aromatic carbocycles. The lowest BCUT2D eigenvalue weighted by atomic mass is 10.2. The van der Waals surface area contributed by atoms with Gasteiger partial charge in [-0.2, -0.15) is 0 Å². The minimum Gasteiger partial charge on any atom is -0.491 e. The Labute approximate surface area is 126 Å². The van der Waals surface area contributed by atoms with Gasteiger partial charge in [0, 0.05) is 0 Å². The molecule has 2 rings (SSSR count). The molecule has 0 fully saturated rings. The average molecular weight is 285 g/mol. The number of nitrogens with two attached hydrogens (primary N) is 1. The fourth-order valence-electron chi connectivity index (χ4n) is 2.05. The van der Waals surface area contributed by atoms with Gasteiger partial charge in [-0.05, 0) is 56.1 Å². The van der Waals surface area contributed by atoms with Gasteiger partial charge in [0.25, 0.3) is 0 Å². The van der Waals surface area contributed by atoms with Crippen LogP contribution in [0.1, 0.15) is 25.3 Å². The zero-order valence-corrected chi connectivity index (χ0v) is 12.5. The van der Waals surface area contributed by atoms with E-state index in [9.17, 15) is 0 Å². The number of hydrogen-bond donors (Lipinski definition) is 1. The molecule has 3 nitrogen and oxygen atoms in total. The average Bonchev–Trinajstić information content (AvgIpc) is 2.53. The van der Waals surface area contributed by atoms with Crippen LogP contribution in [-0.4, -0.2) is 12.6 Å². The Bertz CT molecular complexity index is 511. The maximum Gasteiger partial charge on any atom is 0.120 e. The first-order valence-corrected chi connectivity index (χ1v) is 7.41. The monoisotopic (exact) mass is 285 g/mol. The van der Waals surface area contributed by atoms with E-state index in [1.165, 1.54) is 0 Å². The minimum absolute atomic E-state index is 0.185. The normalized spacial score (nSPS) is 11.9. The van der Waals surface area contributed by atoms with E-state index < -0.39 is 0 Å². The molecule has 0 radical (unpaired) electrons. The predicted octanol–water partition coefficient (Wildman–Crippen LogP) is 3.77. The van der Waals surface area contributed by atoms with Gasteiger partial charge in [-0.25, -0.2) is 0 Å². The molecule has 0 saturated carbocycles. The van der Waals surface area contributed by atoms with Gasteiger partial charge in [0.2, 0.25) is 0 Å². The van der Waals surface area contributed by atoms with Gasteiger partial charge in [-0.1, -0.05) is 30.3 Å². The molecule has 0 saturated heterocycles. The number of ether oxygens (including phenoxy) is 2. The molecule has 0 aromatic heterocycles. The molecule has 0 amide bonds. The summed E-state index contributed by atoms with van der Waals surface area (Å²) in [4.78, 5) is 0. The first-order valence-electron chi connectivity index (χ1n) is 7.41. The fourth-order valence-corrected chi connectivity index (χ4v) is 2.05. The largest absolute Gasteiger partial charge is 0.491 e. The molecule has 3 heteroatoms. The van der Waals surface area contributed by atoms with Gasteiger partial charge in [-0.15, -0.1) is 0 Å². The lowest BCUT2D eigenvalue weighted by molar-refractivity contribution is 0.208. The molecule has 112 valence electrons. The van der Waals surface area contributed by atoms with E-state index in [1.54, 1.807) is 0 Å². The summed E-state index contributed by atoms with van der Waals surface area (Å²) in [6.45, 7) is 3.35. The Morgan fingerprint density at radius 2 is 1.62 bits per heavy atom. The summed E-state index contributed by atoms with van der Waals surface area (Å²) in [6, 6.07) is 17.9. The number of benzene rings is 2. The van der Waals surface area contributed by atoms with Crippen molar-refractivity contribution in [3.8, 4) is 11.5 Å². The first-order chi connectivity index (χ1) is 10.3. The molecule has 0 aliphatic heterocycles. The van der Waals surface area contributed by atoms with Gasteiger partial charge in [0.15, 0.2) is 0 Å². The Balaban J connectivity index is 1.81. The van der Waals surface area contributed by atoms with Crippen molar-refractivity contribution in [1.29, 1.82) is 0 Å². The van der Waals surface area contributed by atoms with Crippen LogP contribution in [-0.2, 0) is 6.61 Å². The zero-order chi connectivity index (χ0) is 14.9. The third-order valence-corrected chi connectivity index (χ3v) is 3.22. The molecule has 1 atom stereocenters. The molecular formula is C18H23NO2. The second kappa shape index (κ2) is 8.32. The van der Waals surface area contributed by atoms with E-state index >= 15 is 0 Å². The lowest BCUT2D eigenvalue weighted by Crippen LogP contribution is -2.13. The van der Waals surface area contributed by atoms with E-state index in [0.717, 1.165) is 29.9 Å². The van der Waals surface area contributed by atoms with Crippen LogP contribution >= 0.6 is 0 Å². The zero-order valence-electron chi connectivity index (χ0n) is 12.5. The summed E-state index contributed by atoms with van der Waals surface area (Å²) in [5, 5.41) is 0. The van der Waals surface area contributed by atoms with Crippen LogP contribution in [0.25, 0.3) is 0 Å². The van der Waals surface area contributed by atoms with Crippen molar-refractivity contribution >= 4 is 0 Å². The van der Waals surface area contributed by atoms with Crippen LogP contribution in [0.3, 0.4) is 0 Å². The highest BCUT2D eigenvalue weighted by molar-refractivity contribution is 5.31. The van der Waals surface area contributed by atoms with Gasteiger partial charge < -0.3 is 15.2 Å². The summed E-state index contributed by atoms with van der Waals surface area (Å²) in [7, 11) is 0. The standard InChI is InChI=1S/C18H23NO2/c1-15(6-5-13-19)21-18-11-9-17(10-12-18)20-14-16-7-3-2-4-8-16/h2-4,7-12,15H,5-6,13-14,19H2,1H3. The topological polar surface area (TPSA) is 44.5 Å². The van der Waals surface area contributed by atoms with Crippen LogP contribution in [0.4, 0.5) is 0 Å². The van der Waals surface area contributed by atoms with Gasteiger partial charge in [0.1, 0.15) is 18.1 Å². The Morgan fingerprint density at radius 1 is 0.952 bits per heavy atom. The summed E-state index contributed by atoms with van der Waals surface area (Å²) >= 11 is 0. The van der Waals surface area contributed by atoms with Crippen molar-refractivity contribution in [2.45, 2.75) is 32.5 Å². The van der Waals surface area contributed by atoms with Crippen LogP contribution < -0.4 is 15.2 Å². The SMILES string of the molecule is CC(CCCN)Oc1ccc(OCc2ccccc2)cc1. The smallest absolute Gasteiger partial charge is 0.120 e. The third-order valence-electron chi connectivity index (χ3n) is 3.22. The molecule has 0 bridgehead atoms. The molecule has 21 heavy (non-hydrogen) atoms. The van der Waals surface area contributed by atoms with Crippen molar-refractivity contribution in [1.82, 2.24) is 0 Å². The van der Waals surface area contributed by atoms with Crippen molar-refractivity contribution in [3.05, 3.63) is 60.2 Å². The number of hydrogen-bond acceptors (Lipinski definition) is 3. The second-order valence-electron chi connectivity index (χ2n) is 5.11. The Hall–Kier alpha value is -2.00. The summed E-state index contributed by atoms with van der Waals surface area (Å²) in [5.41, 5.74) is 6.66. The minimum atomic E-state index is 0.185. The van der Waals surface area contributed by atoms with Crippen LogP contribution in [0, 0.1) is 0 Å². The highest BCUT2D eigenvalue weighted by Gasteiger charge is 2.04. The molecule has 0 heterocycles. The summed E-state index contributed by atoms with van der Waals surface area (Å²) in [5.74, 6) is 1.72. The Morgan fingerprint density at radius 3 is 2.29 bits per heavy atom. The highest BCUT2D eigenvalue weighted by Crippen LogP contribution is 2.20. The van der Waals surface area contributed by atoms with E-state index in [4.69, 9.17) is 15.2 Å². The Kier molecular flexibility index (Phi) is 6.10. The van der Waals surface area contributed by atoms with E-state index in [0.29, 0.717) is 13.2 Å². The van der Waals surface area contributed by atoms with Gasteiger partial charge in [0.05, 0.1) is 6.10 Å². The fraction of sp³-hybridized carbons (Fsp3) is 0.333. The van der Waals surface area contributed by atoms with Crippen molar-refractivity contribution in [2.75, 3.05) is 6.54 Å². The predicted molar refractivity (Wildman–Crippen MR) is 85.6 cm³/mol. The first kappa shape index (κ1) is 15.4. The van der Waals surface area contributed by atoms with Crippen molar-refractivity contribution in [2.24, 2.45) is 5.73 Å². The van der Waals surface area contributed by atoms with E-state index in [-0.39, 0.29) is 6.10 Å². The van der Waals surface area contributed by atoms with Gasteiger partial charge in [-0.3, -0.25) is 0 Å². The summed E-state index contributed by atoms with van der Waals surface area (Å²) < 4.78 is 11.6. The molecule has 2 N–H and O–H groups in total.